The molecule has 0 aliphatic carbocycles. The van der Waals surface area contributed by atoms with Crippen LogP contribution in [0.5, 0.6) is 0 Å². The Morgan fingerprint density at radius 1 is 0.704 bits per heavy atom. The number of hydrogen-bond acceptors (Lipinski definition) is 5. The Morgan fingerprint density at radius 3 is 1.85 bits per heavy atom. The van der Waals surface area contributed by atoms with E-state index in [1.54, 1.807) is 18.3 Å². The first-order valence-electron chi connectivity index (χ1n) is 8.48. The van der Waals surface area contributed by atoms with Gasteiger partial charge in [-0.05, 0) is 43.3 Å². The molecule has 0 saturated heterocycles. The lowest BCUT2D eigenvalue weighted by Crippen LogP contribution is -1.99. The monoisotopic (exact) mass is 349 g/mol. The van der Waals surface area contributed by atoms with Gasteiger partial charge in [0.25, 0.3) is 0 Å². The van der Waals surface area contributed by atoms with Crippen LogP contribution in [0.3, 0.4) is 0 Å². The molecule has 2 aromatic heterocycles. The molecule has 0 amide bonds. The van der Waals surface area contributed by atoms with Crippen molar-refractivity contribution in [2.45, 2.75) is 6.92 Å². The smallest absolute Gasteiger partial charge is 0.163 e. The van der Waals surface area contributed by atoms with Crippen LogP contribution in [0.2, 0.25) is 0 Å². The third kappa shape index (κ3) is 3.55. The van der Waals surface area contributed by atoms with Gasteiger partial charge in [-0.25, -0.2) is 15.0 Å². The van der Waals surface area contributed by atoms with Gasteiger partial charge >= 0.3 is 0 Å². The Morgan fingerprint density at radius 2 is 1.30 bits per heavy atom. The zero-order chi connectivity index (χ0) is 18.6. The SMILES string of the molecule is Cc1nc(-c2ccc(C#N)cc2)nc(-c2ccc(-c3ccccn3)cc2)n1. The third-order valence-electron chi connectivity index (χ3n) is 4.12. The Bertz CT molecular complexity index is 1110. The van der Waals surface area contributed by atoms with Gasteiger partial charge < -0.3 is 0 Å². The van der Waals surface area contributed by atoms with E-state index in [0.717, 1.165) is 22.4 Å². The van der Waals surface area contributed by atoms with Gasteiger partial charge in [-0.15, -0.1) is 0 Å². The van der Waals surface area contributed by atoms with E-state index in [9.17, 15) is 0 Å². The van der Waals surface area contributed by atoms with Gasteiger partial charge in [-0.2, -0.15) is 5.26 Å². The fourth-order valence-corrected chi connectivity index (χ4v) is 2.76. The van der Waals surface area contributed by atoms with Gasteiger partial charge in [0.15, 0.2) is 11.6 Å². The summed E-state index contributed by atoms with van der Waals surface area (Å²) in [5, 5.41) is 8.94. The second-order valence-electron chi connectivity index (χ2n) is 6.01. The second-order valence-corrected chi connectivity index (χ2v) is 6.01. The van der Waals surface area contributed by atoms with Crippen LogP contribution >= 0.6 is 0 Å². The molecule has 0 radical (unpaired) electrons. The number of nitrogens with zero attached hydrogens (tertiary/aromatic N) is 5. The maximum absolute atomic E-state index is 8.94. The minimum atomic E-state index is 0.593. The highest BCUT2D eigenvalue weighted by Crippen LogP contribution is 2.23. The summed E-state index contributed by atoms with van der Waals surface area (Å²) < 4.78 is 0. The Labute approximate surface area is 157 Å². The molecule has 5 heteroatoms. The van der Waals surface area contributed by atoms with Gasteiger partial charge in [0, 0.05) is 22.9 Å². The lowest BCUT2D eigenvalue weighted by Gasteiger charge is -2.07. The summed E-state index contributed by atoms with van der Waals surface area (Å²) >= 11 is 0. The zero-order valence-corrected chi connectivity index (χ0v) is 14.7. The fraction of sp³-hybridized carbons (Fsp3) is 0.0455. The van der Waals surface area contributed by atoms with Crippen molar-refractivity contribution >= 4 is 0 Å². The van der Waals surface area contributed by atoms with Crippen LogP contribution in [0.15, 0.2) is 72.9 Å². The minimum Gasteiger partial charge on any atom is -0.256 e. The molecule has 0 aliphatic rings. The first-order chi connectivity index (χ1) is 13.2. The van der Waals surface area contributed by atoms with Crippen molar-refractivity contribution in [3.8, 4) is 40.1 Å². The number of aryl methyl sites for hydroxylation is 1. The van der Waals surface area contributed by atoms with Crippen molar-refractivity contribution in [1.29, 1.82) is 5.26 Å². The maximum Gasteiger partial charge on any atom is 0.163 e. The summed E-state index contributed by atoms with van der Waals surface area (Å²) in [6.45, 7) is 1.85. The minimum absolute atomic E-state index is 0.593. The molecule has 4 aromatic rings. The van der Waals surface area contributed by atoms with Crippen LogP contribution < -0.4 is 0 Å². The number of rotatable bonds is 3. The molecule has 0 unspecified atom stereocenters. The van der Waals surface area contributed by atoms with E-state index in [4.69, 9.17) is 5.26 Å². The predicted octanol–water partition coefficient (Wildman–Crippen LogP) is 4.45. The molecule has 0 atom stereocenters. The number of pyridine rings is 1. The highest BCUT2D eigenvalue weighted by Gasteiger charge is 2.09. The van der Waals surface area contributed by atoms with Crippen molar-refractivity contribution in [3.05, 3.63) is 84.3 Å². The number of hydrogen-bond donors (Lipinski definition) is 0. The molecule has 0 spiro atoms. The van der Waals surface area contributed by atoms with Crippen molar-refractivity contribution in [2.24, 2.45) is 0 Å². The summed E-state index contributed by atoms with van der Waals surface area (Å²) in [4.78, 5) is 17.9. The third-order valence-corrected chi connectivity index (χ3v) is 4.12. The molecule has 5 nitrogen and oxygen atoms in total. The fourth-order valence-electron chi connectivity index (χ4n) is 2.76. The van der Waals surface area contributed by atoms with Gasteiger partial charge in [-0.3, -0.25) is 4.98 Å². The van der Waals surface area contributed by atoms with Gasteiger partial charge in [-0.1, -0.05) is 30.3 Å². The maximum atomic E-state index is 8.94. The standard InChI is InChI=1S/C22H15N5/c1-15-25-21(18-7-5-16(14-23)6-8-18)27-22(26-15)19-11-9-17(10-12-19)20-4-2-3-13-24-20/h2-13H,1H3. The lowest BCUT2D eigenvalue weighted by molar-refractivity contribution is 0.992. The molecule has 0 aliphatic heterocycles. The van der Waals surface area contributed by atoms with E-state index in [1.165, 1.54) is 0 Å². The summed E-state index contributed by atoms with van der Waals surface area (Å²) in [6.07, 6.45) is 1.78. The summed E-state index contributed by atoms with van der Waals surface area (Å²) in [6, 6.07) is 23.2. The predicted molar refractivity (Wildman–Crippen MR) is 103 cm³/mol. The highest BCUT2D eigenvalue weighted by molar-refractivity contribution is 5.66. The Hall–Kier alpha value is -3.91. The molecule has 0 fully saturated rings. The number of aromatic nitrogens is 4. The average molecular weight is 349 g/mol. The van der Waals surface area contributed by atoms with Crippen LogP contribution in [-0.2, 0) is 0 Å². The van der Waals surface area contributed by atoms with Crippen LogP contribution in [0.4, 0.5) is 0 Å². The topological polar surface area (TPSA) is 75.3 Å². The zero-order valence-electron chi connectivity index (χ0n) is 14.7. The van der Waals surface area contributed by atoms with Gasteiger partial charge in [0.2, 0.25) is 0 Å². The van der Waals surface area contributed by atoms with Crippen molar-refractivity contribution in [1.82, 2.24) is 19.9 Å². The molecule has 128 valence electrons. The molecule has 0 bridgehead atoms. The van der Waals surface area contributed by atoms with Crippen molar-refractivity contribution < 1.29 is 0 Å². The number of benzene rings is 2. The average Bonchev–Trinajstić information content (AvgIpc) is 2.74. The molecular weight excluding hydrogens is 334 g/mol. The van der Waals surface area contributed by atoms with E-state index < -0.39 is 0 Å². The normalized spacial score (nSPS) is 10.4. The van der Waals surface area contributed by atoms with E-state index in [1.807, 2.05) is 61.5 Å². The highest BCUT2D eigenvalue weighted by atomic mass is 15.0. The number of nitriles is 1. The molecule has 0 N–H and O–H groups in total. The Balaban J connectivity index is 1.69. The summed E-state index contributed by atoms with van der Waals surface area (Å²) in [5.41, 5.74) is 4.34. The molecular formula is C22H15N5. The summed E-state index contributed by atoms with van der Waals surface area (Å²) in [7, 11) is 0. The van der Waals surface area contributed by atoms with Crippen molar-refractivity contribution in [2.75, 3.05) is 0 Å². The summed E-state index contributed by atoms with van der Waals surface area (Å²) in [5.74, 6) is 1.86. The van der Waals surface area contributed by atoms with E-state index in [2.05, 4.69) is 26.0 Å². The molecule has 4 rings (SSSR count). The van der Waals surface area contributed by atoms with Crippen LogP contribution in [0.1, 0.15) is 11.4 Å². The van der Waals surface area contributed by atoms with Gasteiger partial charge in [0.1, 0.15) is 5.82 Å². The van der Waals surface area contributed by atoms with E-state index in [0.29, 0.717) is 23.0 Å². The molecule has 0 saturated carbocycles. The molecule has 2 aromatic carbocycles. The first kappa shape index (κ1) is 16.6. The molecule has 2 heterocycles. The van der Waals surface area contributed by atoms with Crippen LogP contribution in [0, 0.1) is 18.3 Å². The Kier molecular flexibility index (Phi) is 4.38. The largest absolute Gasteiger partial charge is 0.256 e. The van der Waals surface area contributed by atoms with Crippen LogP contribution in [-0.4, -0.2) is 19.9 Å². The quantitative estimate of drug-likeness (QED) is 0.546. The second kappa shape index (κ2) is 7.14. The van der Waals surface area contributed by atoms with E-state index in [-0.39, 0.29) is 0 Å². The lowest BCUT2D eigenvalue weighted by atomic mass is 10.1. The van der Waals surface area contributed by atoms with Crippen LogP contribution in [0.25, 0.3) is 34.0 Å². The molecule has 27 heavy (non-hydrogen) atoms. The van der Waals surface area contributed by atoms with Crippen molar-refractivity contribution in [3.63, 3.8) is 0 Å². The first-order valence-corrected chi connectivity index (χ1v) is 8.48. The van der Waals surface area contributed by atoms with Gasteiger partial charge in [0.05, 0.1) is 17.3 Å². The van der Waals surface area contributed by atoms with E-state index >= 15 is 0 Å².